The lowest BCUT2D eigenvalue weighted by Crippen LogP contribution is -2.31. The molecule has 1 aliphatic heterocycles. The van der Waals surface area contributed by atoms with Crippen LogP contribution in [-0.4, -0.2) is 33.0 Å². The third-order valence-corrected chi connectivity index (χ3v) is 6.57. The molecule has 3 N–H and O–H groups in total. The number of fused-ring (bicyclic) bond motifs is 1. The summed E-state index contributed by atoms with van der Waals surface area (Å²) in [4.78, 5) is 17.2. The minimum Gasteiger partial charge on any atom is -0.490 e. The topological polar surface area (TPSA) is 104 Å². The Morgan fingerprint density at radius 3 is 2.66 bits per heavy atom. The highest BCUT2D eigenvalue weighted by Gasteiger charge is 2.34. The molecule has 1 aromatic heterocycles. The molecule has 0 radical (unpaired) electrons. The summed E-state index contributed by atoms with van der Waals surface area (Å²) in [6.45, 7) is 6.80. The van der Waals surface area contributed by atoms with Crippen molar-refractivity contribution >= 4 is 23.6 Å². The molecule has 1 aliphatic rings. The van der Waals surface area contributed by atoms with Gasteiger partial charge in [0, 0.05) is 11.4 Å². The number of anilines is 1. The number of hydrogen-bond donors (Lipinski definition) is 2. The van der Waals surface area contributed by atoms with Crippen molar-refractivity contribution in [3.63, 3.8) is 0 Å². The van der Waals surface area contributed by atoms with Gasteiger partial charge in [-0.25, -0.2) is 4.68 Å². The number of benzene rings is 2. The van der Waals surface area contributed by atoms with Crippen LogP contribution in [0.5, 0.6) is 11.5 Å². The number of hydrogen-bond acceptors (Lipinski definition) is 7. The fraction of sp³-hybridized carbons (Fsp3) is 0.346. The number of carbonyl (C=O) groups excluding carboxylic acids is 1. The van der Waals surface area contributed by atoms with Crippen LogP contribution in [0.2, 0.25) is 0 Å². The monoisotopic (exact) mass is 493 g/mol. The maximum atomic E-state index is 12.5. The highest BCUT2D eigenvalue weighted by molar-refractivity contribution is 7.99. The Kier molecular flexibility index (Phi) is 7.97. The maximum Gasteiger partial charge on any atom is 0.248 e. The van der Waals surface area contributed by atoms with Crippen LogP contribution in [0.4, 0.5) is 5.95 Å². The predicted octanol–water partition coefficient (Wildman–Crippen LogP) is 4.92. The number of thioether (sulfide) groups is 1. The Hall–Kier alpha value is -3.46. The van der Waals surface area contributed by atoms with Crippen LogP contribution in [0.15, 0.2) is 65.0 Å². The average Bonchev–Trinajstić information content (AvgIpc) is 3.25. The lowest BCUT2D eigenvalue weighted by atomic mass is 9.95. The zero-order valence-electron chi connectivity index (χ0n) is 20.3. The number of nitrogens with two attached hydrogens (primary N) is 1. The van der Waals surface area contributed by atoms with E-state index in [0.717, 1.165) is 29.7 Å². The Morgan fingerprint density at radius 1 is 1.14 bits per heavy atom. The number of carbonyl (C=O) groups is 1. The number of allylic oxidation sites excluding steroid dienone is 1. The van der Waals surface area contributed by atoms with Crippen molar-refractivity contribution in [3.8, 4) is 11.5 Å². The summed E-state index contributed by atoms with van der Waals surface area (Å²) in [5.41, 5.74) is 8.80. The number of nitrogens with zero attached hydrogens (tertiary/aromatic N) is 3. The molecule has 8 nitrogen and oxygen atoms in total. The highest BCUT2D eigenvalue weighted by atomic mass is 32.2. The number of amides is 1. The standard InChI is InChI=1S/C26H31N5O3S/c1-4-6-14-35-26-29-25-28-17(3)22(24(27)32)23(31(25)30-26)19-12-13-20(21(15-19)33-5-2)34-16-18-10-8-7-9-11-18/h7-13,15,23H,4-6,14,16H2,1-3H3,(H2,27,32)(H,28,29,30). The molecule has 0 saturated heterocycles. The second-order valence-electron chi connectivity index (χ2n) is 8.21. The van der Waals surface area contributed by atoms with Gasteiger partial charge in [0.15, 0.2) is 11.5 Å². The molecule has 4 rings (SSSR count). The van der Waals surface area contributed by atoms with Gasteiger partial charge in [0.2, 0.25) is 17.0 Å². The molecule has 0 spiro atoms. The smallest absolute Gasteiger partial charge is 0.248 e. The molecule has 1 unspecified atom stereocenters. The van der Waals surface area contributed by atoms with Gasteiger partial charge in [-0.3, -0.25) is 4.79 Å². The van der Waals surface area contributed by atoms with Gasteiger partial charge in [-0.15, -0.1) is 5.10 Å². The largest absolute Gasteiger partial charge is 0.490 e. The molecule has 0 saturated carbocycles. The van der Waals surface area contributed by atoms with E-state index < -0.39 is 11.9 Å². The third-order valence-electron chi connectivity index (χ3n) is 5.65. The van der Waals surface area contributed by atoms with Crippen molar-refractivity contribution in [2.24, 2.45) is 5.73 Å². The van der Waals surface area contributed by atoms with E-state index in [0.29, 0.717) is 47.1 Å². The first kappa shape index (κ1) is 24.7. The van der Waals surface area contributed by atoms with Crippen LogP contribution in [0.3, 0.4) is 0 Å². The lowest BCUT2D eigenvalue weighted by molar-refractivity contribution is -0.115. The second kappa shape index (κ2) is 11.3. The molecule has 2 aromatic carbocycles. The summed E-state index contributed by atoms with van der Waals surface area (Å²) in [6, 6.07) is 15.1. The summed E-state index contributed by atoms with van der Waals surface area (Å²) >= 11 is 1.60. The van der Waals surface area contributed by atoms with Crippen LogP contribution >= 0.6 is 11.8 Å². The SMILES string of the molecule is CCCCSc1nc2n(n1)C(c1ccc(OCc3ccccc3)c(OCC)c1)C(C(N)=O)=C(C)N2. The number of rotatable bonds is 11. The fourth-order valence-electron chi connectivity index (χ4n) is 3.95. The van der Waals surface area contributed by atoms with E-state index in [1.165, 1.54) is 0 Å². The van der Waals surface area contributed by atoms with Gasteiger partial charge < -0.3 is 20.5 Å². The van der Waals surface area contributed by atoms with Crippen LogP contribution in [0, 0.1) is 0 Å². The molecule has 0 fully saturated rings. The average molecular weight is 494 g/mol. The normalized spacial score (nSPS) is 14.9. The Balaban J connectivity index is 1.69. The highest BCUT2D eigenvalue weighted by Crippen LogP contribution is 2.39. The quantitative estimate of drug-likeness (QED) is 0.288. The molecule has 35 heavy (non-hydrogen) atoms. The minimum absolute atomic E-state index is 0.421. The van der Waals surface area contributed by atoms with Crippen LogP contribution in [-0.2, 0) is 11.4 Å². The number of aromatic nitrogens is 3. The molecule has 0 aliphatic carbocycles. The van der Waals surface area contributed by atoms with Crippen molar-refractivity contribution in [2.45, 2.75) is 51.4 Å². The third kappa shape index (κ3) is 5.62. The Morgan fingerprint density at radius 2 is 1.94 bits per heavy atom. The van der Waals surface area contributed by atoms with E-state index >= 15 is 0 Å². The minimum atomic E-state index is -0.529. The van der Waals surface area contributed by atoms with Crippen LogP contribution < -0.4 is 20.5 Å². The Bertz CT molecular complexity index is 1210. The van der Waals surface area contributed by atoms with Crippen molar-refractivity contribution < 1.29 is 14.3 Å². The number of ether oxygens (including phenoxy) is 2. The molecule has 0 bridgehead atoms. The van der Waals surface area contributed by atoms with E-state index in [1.807, 2.05) is 62.4 Å². The first-order valence-electron chi connectivity index (χ1n) is 11.8. The molecule has 3 aromatic rings. The van der Waals surface area contributed by atoms with E-state index in [2.05, 4.69) is 17.2 Å². The van der Waals surface area contributed by atoms with Gasteiger partial charge in [-0.05, 0) is 43.5 Å². The van der Waals surface area contributed by atoms with Gasteiger partial charge in [0.25, 0.3) is 0 Å². The second-order valence-corrected chi connectivity index (χ2v) is 9.27. The maximum absolute atomic E-state index is 12.5. The van der Waals surface area contributed by atoms with Crippen molar-refractivity contribution in [1.29, 1.82) is 0 Å². The molecule has 1 atom stereocenters. The molecule has 2 heterocycles. The first-order chi connectivity index (χ1) is 17.0. The van der Waals surface area contributed by atoms with Crippen LogP contribution in [0.1, 0.15) is 50.8 Å². The van der Waals surface area contributed by atoms with E-state index in [9.17, 15) is 4.79 Å². The number of unbranched alkanes of at least 4 members (excludes halogenated alkanes) is 1. The fourth-order valence-corrected chi connectivity index (χ4v) is 4.86. The molecular weight excluding hydrogens is 462 g/mol. The van der Waals surface area contributed by atoms with Gasteiger partial charge in [0.1, 0.15) is 12.6 Å². The molecule has 184 valence electrons. The molecule has 9 heteroatoms. The summed E-state index contributed by atoms with van der Waals surface area (Å²) < 4.78 is 13.7. The van der Waals surface area contributed by atoms with Gasteiger partial charge in [-0.2, -0.15) is 4.98 Å². The zero-order chi connectivity index (χ0) is 24.8. The van der Waals surface area contributed by atoms with Crippen molar-refractivity contribution in [2.75, 3.05) is 17.7 Å². The zero-order valence-corrected chi connectivity index (χ0v) is 21.1. The van der Waals surface area contributed by atoms with Gasteiger partial charge >= 0.3 is 0 Å². The lowest BCUT2D eigenvalue weighted by Gasteiger charge is -2.28. The Labute approximate surface area is 209 Å². The van der Waals surface area contributed by atoms with Gasteiger partial charge in [-0.1, -0.05) is 61.5 Å². The number of nitrogens with one attached hydrogen (secondary N) is 1. The van der Waals surface area contributed by atoms with Gasteiger partial charge in [0.05, 0.1) is 12.2 Å². The van der Waals surface area contributed by atoms with E-state index in [-0.39, 0.29) is 0 Å². The van der Waals surface area contributed by atoms with Crippen molar-refractivity contribution in [3.05, 3.63) is 70.9 Å². The van der Waals surface area contributed by atoms with Crippen LogP contribution in [0.25, 0.3) is 0 Å². The summed E-state index contributed by atoms with van der Waals surface area (Å²) in [5, 5.41) is 8.57. The van der Waals surface area contributed by atoms with Crippen molar-refractivity contribution in [1.82, 2.24) is 14.8 Å². The molecule has 1 amide bonds. The van der Waals surface area contributed by atoms with E-state index in [4.69, 9.17) is 20.3 Å². The summed E-state index contributed by atoms with van der Waals surface area (Å²) in [5.74, 6) is 2.23. The molecular formula is C26H31N5O3S. The summed E-state index contributed by atoms with van der Waals surface area (Å²) in [7, 11) is 0. The summed E-state index contributed by atoms with van der Waals surface area (Å²) in [6.07, 6.45) is 2.18. The first-order valence-corrected chi connectivity index (χ1v) is 12.8. The van der Waals surface area contributed by atoms with E-state index in [1.54, 1.807) is 16.4 Å². The predicted molar refractivity (Wildman–Crippen MR) is 138 cm³/mol. The number of primary amides is 1.